The van der Waals surface area contributed by atoms with Gasteiger partial charge in [0.2, 0.25) is 0 Å². The first kappa shape index (κ1) is 13.3. The van der Waals surface area contributed by atoms with Gasteiger partial charge in [-0.1, -0.05) is 6.92 Å². The van der Waals surface area contributed by atoms with Gasteiger partial charge >= 0.3 is 0 Å². The average molecular weight is 312 g/mol. The summed E-state index contributed by atoms with van der Waals surface area (Å²) in [7, 11) is 0. The Labute approximate surface area is 115 Å². The molecule has 0 aliphatic carbocycles. The first-order chi connectivity index (χ1) is 8.71. The molecule has 2 N–H and O–H groups in total. The molecule has 5 nitrogen and oxygen atoms in total. The Hall–Kier alpha value is -1.14. The molecular weight excluding hydrogens is 294 g/mol. The van der Waals surface area contributed by atoms with Crippen molar-refractivity contribution in [2.75, 3.05) is 0 Å². The zero-order chi connectivity index (χ0) is 13.1. The lowest BCUT2D eigenvalue weighted by Crippen LogP contribution is -2.12. The largest absolute Gasteiger partial charge is 0.328 e. The maximum atomic E-state index is 5.67. The van der Waals surface area contributed by atoms with Crippen molar-refractivity contribution in [1.29, 1.82) is 0 Å². The van der Waals surface area contributed by atoms with Crippen LogP contribution in [0.5, 0.6) is 0 Å². The van der Waals surface area contributed by atoms with Crippen molar-refractivity contribution in [3.63, 3.8) is 0 Å². The number of imidazole rings is 1. The fourth-order valence-electron chi connectivity index (χ4n) is 2.00. The normalized spacial score (nSPS) is 11.1. The van der Waals surface area contributed by atoms with Gasteiger partial charge in [-0.05, 0) is 29.3 Å². The number of rotatable bonds is 5. The second kappa shape index (κ2) is 5.67. The predicted molar refractivity (Wildman–Crippen MR) is 74.2 cm³/mol. The van der Waals surface area contributed by atoms with Crippen molar-refractivity contribution in [2.45, 2.75) is 39.9 Å². The van der Waals surface area contributed by atoms with Gasteiger partial charge in [0.25, 0.3) is 0 Å². The quantitative estimate of drug-likeness (QED) is 0.917. The molecule has 0 amide bonds. The number of nitrogens with zero attached hydrogens (tertiary/aromatic N) is 4. The second-order valence-corrected chi connectivity index (χ2v) is 4.85. The van der Waals surface area contributed by atoms with Crippen LogP contribution in [0.3, 0.4) is 0 Å². The maximum Gasteiger partial charge on any atom is 0.122 e. The standard InChI is InChI=1S/C12H18BrN5/c1-3-9-12(13)10(18(4-2)16-9)8-17-6-5-15-11(17)7-14/h5-6H,3-4,7-8,14H2,1-2H3. The first-order valence-corrected chi connectivity index (χ1v) is 6.94. The highest BCUT2D eigenvalue weighted by Crippen LogP contribution is 2.23. The zero-order valence-corrected chi connectivity index (χ0v) is 12.3. The third-order valence-corrected chi connectivity index (χ3v) is 3.91. The summed E-state index contributed by atoms with van der Waals surface area (Å²) in [6.07, 6.45) is 4.66. The molecule has 0 spiro atoms. The Kier molecular flexibility index (Phi) is 4.19. The molecule has 0 aliphatic rings. The lowest BCUT2D eigenvalue weighted by molar-refractivity contribution is 0.586. The molecule has 0 atom stereocenters. The monoisotopic (exact) mass is 311 g/mol. The van der Waals surface area contributed by atoms with Crippen LogP contribution in [0, 0.1) is 0 Å². The van der Waals surface area contributed by atoms with Crippen molar-refractivity contribution >= 4 is 15.9 Å². The van der Waals surface area contributed by atoms with E-state index in [0.717, 1.165) is 35.5 Å². The minimum Gasteiger partial charge on any atom is -0.328 e. The van der Waals surface area contributed by atoms with Crippen LogP contribution in [0.1, 0.15) is 31.1 Å². The topological polar surface area (TPSA) is 61.7 Å². The highest BCUT2D eigenvalue weighted by atomic mass is 79.9. The lowest BCUT2D eigenvalue weighted by atomic mass is 10.3. The minimum atomic E-state index is 0.450. The zero-order valence-electron chi connectivity index (χ0n) is 10.7. The Morgan fingerprint density at radius 1 is 1.39 bits per heavy atom. The molecular formula is C12H18BrN5. The van der Waals surface area contributed by atoms with E-state index in [1.807, 2.05) is 10.9 Å². The van der Waals surface area contributed by atoms with E-state index in [1.54, 1.807) is 6.20 Å². The molecule has 2 aromatic heterocycles. The van der Waals surface area contributed by atoms with Crippen molar-refractivity contribution < 1.29 is 0 Å². The second-order valence-electron chi connectivity index (χ2n) is 4.05. The van der Waals surface area contributed by atoms with Gasteiger partial charge in [-0.15, -0.1) is 0 Å². The average Bonchev–Trinajstić information content (AvgIpc) is 2.95. The number of hydrogen-bond donors (Lipinski definition) is 1. The fourth-order valence-corrected chi connectivity index (χ4v) is 2.69. The van der Waals surface area contributed by atoms with Crippen molar-refractivity contribution in [3.8, 4) is 0 Å². The van der Waals surface area contributed by atoms with Crippen LogP contribution in [0.2, 0.25) is 0 Å². The summed E-state index contributed by atoms with van der Waals surface area (Å²) in [5.74, 6) is 0.892. The van der Waals surface area contributed by atoms with Gasteiger partial charge in [0.05, 0.1) is 29.0 Å². The summed E-state index contributed by atoms with van der Waals surface area (Å²) < 4.78 is 5.19. The van der Waals surface area contributed by atoms with Gasteiger partial charge in [0, 0.05) is 18.9 Å². The third kappa shape index (κ3) is 2.35. The summed E-state index contributed by atoms with van der Waals surface area (Å²) in [6.45, 7) is 6.26. The van der Waals surface area contributed by atoms with Crippen molar-refractivity contribution in [3.05, 3.63) is 34.1 Å². The van der Waals surface area contributed by atoms with Crippen LogP contribution in [0.4, 0.5) is 0 Å². The maximum absolute atomic E-state index is 5.67. The molecule has 2 aromatic rings. The Balaban J connectivity index is 2.36. The molecule has 0 aromatic carbocycles. The first-order valence-electron chi connectivity index (χ1n) is 6.15. The summed E-state index contributed by atoms with van der Waals surface area (Å²) >= 11 is 3.65. The van der Waals surface area contributed by atoms with E-state index < -0.39 is 0 Å². The SMILES string of the molecule is CCc1nn(CC)c(Cn2ccnc2CN)c1Br. The lowest BCUT2D eigenvalue weighted by Gasteiger charge is -2.09. The number of halogens is 1. The van der Waals surface area contributed by atoms with Gasteiger partial charge in [-0.25, -0.2) is 4.98 Å². The fraction of sp³-hybridized carbons (Fsp3) is 0.500. The molecule has 0 saturated heterocycles. The molecule has 0 radical (unpaired) electrons. The van der Waals surface area contributed by atoms with Crippen LogP contribution in [0.15, 0.2) is 16.9 Å². The molecule has 0 bridgehead atoms. The van der Waals surface area contributed by atoms with E-state index in [0.29, 0.717) is 6.54 Å². The molecule has 0 aliphatic heterocycles. The van der Waals surface area contributed by atoms with Crippen LogP contribution in [0.25, 0.3) is 0 Å². The van der Waals surface area contributed by atoms with Crippen LogP contribution in [-0.4, -0.2) is 19.3 Å². The number of nitrogens with two attached hydrogens (primary N) is 1. The van der Waals surface area contributed by atoms with Crippen molar-refractivity contribution in [1.82, 2.24) is 19.3 Å². The molecule has 98 valence electrons. The van der Waals surface area contributed by atoms with Crippen LogP contribution < -0.4 is 5.73 Å². The van der Waals surface area contributed by atoms with E-state index >= 15 is 0 Å². The van der Waals surface area contributed by atoms with Crippen molar-refractivity contribution in [2.24, 2.45) is 5.73 Å². The number of hydrogen-bond acceptors (Lipinski definition) is 3. The van der Waals surface area contributed by atoms with E-state index in [1.165, 1.54) is 5.69 Å². The third-order valence-electron chi connectivity index (χ3n) is 3.00. The molecule has 18 heavy (non-hydrogen) atoms. The smallest absolute Gasteiger partial charge is 0.122 e. The van der Waals surface area contributed by atoms with E-state index in [-0.39, 0.29) is 0 Å². The summed E-state index contributed by atoms with van der Waals surface area (Å²) in [5, 5.41) is 4.59. The van der Waals surface area contributed by atoms with Gasteiger partial charge in [-0.2, -0.15) is 5.10 Å². The number of aryl methyl sites for hydroxylation is 2. The van der Waals surface area contributed by atoms with Gasteiger partial charge < -0.3 is 10.3 Å². The van der Waals surface area contributed by atoms with Crippen LogP contribution >= 0.6 is 15.9 Å². The highest BCUT2D eigenvalue weighted by Gasteiger charge is 2.15. The van der Waals surface area contributed by atoms with E-state index in [2.05, 4.69) is 44.4 Å². The molecule has 0 saturated carbocycles. The Morgan fingerprint density at radius 3 is 2.78 bits per heavy atom. The van der Waals surface area contributed by atoms with Gasteiger partial charge in [0.15, 0.2) is 0 Å². The molecule has 2 heterocycles. The summed E-state index contributed by atoms with van der Waals surface area (Å²) in [5.41, 5.74) is 7.94. The van der Waals surface area contributed by atoms with Gasteiger partial charge in [-0.3, -0.25) is 4.68 Å². The Bertz CT molecular complexity index is 529. The molecule has 2 rings (SSSR count). The predicted octanol–water partition coefficient (Wildman–Crippen LogP) is 1.93. The van der Waals surface area contributed by atoms with E-state index in [9.17, 15) is 0 Å². The van der Waals surface area contributed by atoms with Crippen LogP contribution in [-0.2, 0) is 26.1 Å². The molecule has 0 unspecified atom stereocenters. The van der Waals surface area contributed by atoms with E-state index in [4.69, 9.17) is 5.73 Å². The highest BCUT2D eigenvalue weighted by molar-refractivity contribution is 9.10. The molecule has 6 heteroatoms. The summed E-state index contributed by atoms with van der Waals surface area (Å²) in [4.78, 5) is 4.24. The minimum absolute atomic E-state index is 0.450. The molecule has 0 fully saturated rings. The number of aromatic nitrogens is 4. The Morgan fingerprint density at radius 2 is 2.17 bits per heavy atom. The summed E-state index contributed by atoms with van der Waals surface area (Å²) in [6, 6.07) is 0. The van der Waals surface area contributed by atoms with Gasteiger partial charge in [0.1, 0.15) is 5.82 Å².